The molecule has 0 bridgehead atoms. The maximum atomic E-state index is 13.3. The molecule has 1 fully saturated rings. The quantitative estimate of drug-likeness (QED) is 0.324. The molecule has 2 aliphatic rings. The summed E-state index contributed by atoms with van der Waals surface area (Å²) >= 11 is 0. The SMILES string of the molecule is C[C@@H](C(=O)Nc1c(C(=O)N2CCOCC2)oc2ccccc12)N1C(=O)c2cccc([N+](=O)[O-])c2C1=O. The number of fused-ring (bicyclic) bond motifs is 2. The molecule has 1 saturated heterocycles. The molecule has 2 aliphatic heterocycles. The van der Waals surface area contributed by atoms with Crippen molar-refractivity contribution < 1.29 is 33.3 Å². The highest BCUT2D eigenvalue weighted by atomic mass is 16.6. The Labute approximate surface area is 203 Å². The fourth-order valence-electron chi connectivity index (χ4n) is 4.36. The van der Waals surface area contributed by atoms with Crippen molar-refractivity contribution in [1.29, 1.82) is 0 Å². The molecule has 0 saturated carbocycles. The Morgan fingerprint density at radius 1 is 1.06 bits per heavy atom. The van der Waals surface area contributed by atoms with Gasteiger partial charge in [-0.1, -0.05) is 18.2 Å². The third kappa shape index (κ3) is 3.67. The predicted octanol–water partition coefficient (Wildman–Crippen LogP) is 2.44. The van der Waals surface area contributed by atoms with Gasteiger partial charge in [0.2, 0.25) is 11.7 Å². The number of benzene rings is 2. The van der Waals surface area contributed by atoms with Crippen LogP contribution in [0.5, 0.6) is 0 Å². The molecule has 12 heteroatoms. The van der Waals surface area contributed by atoms with Crippen molar-refractivity contribution >= 4 is 46.0 Å². The second-order valence-corrected chi connectivity index (χ2v) is 8.31. The van der Waals surface area contributed by atoms with Gasteiger partial charge < -0.3 is 19.4 Å². The molecule has 5 rings (SSSR count). The molecule has 0 radical (unpaired) electrons. The lowest BCUT2D eigenvalue weighted by Gasteiger charge is -2.26. The molecule has 0 unspecified atom stereocenters. The Morgan fingerprint density at radius 3 is 2.50 bits per heavy atom. The van der Waals surface area contributed by atoms with E-state index in [-0.39, 0.29) is 22.6 Å². The molecule has 4 amide bonds. The highest BCUT2D eigenvalue weighted by molar-refractivity contribution is 6.25. The maximum Gasteiger partial charge on any atom is 0.291 e. The molecule has 1 atom stereocenters. The maximum absolute atomic E-state index is 13.3. The van der Waals surface area contributed by atoms with Crippen molar-refractivity contribution in [3.05, 3.63) is 69.5 Å². The van der Waals surface area contributed by atoms with Gasteiger partial charge in [-0.2, -0.15) is 0 Å². The molecule has 12 nitrogen and oxygen atoms in total. The lowest BCUT2D eigenvalue weighted by molar-refractivity contribution is -0.385. The number of nitro benzene ring substituents is 1. The summed E-state index contributed by atoms with van der Waals surface area (Å²) in [5, 5.41) is 14.5. The van der Waals surface area contributed by atoms with Crippen LogP contribution in [0.2, 0.25) is 0 Å². The molecule has 36 heavy (non-hydrogen) atoms. The number of nitrogens with zero attached hydrogens (tertiary/aromatic N) is 3. The number of para-hydroxylation sites is 1. The summed E-state index contributed by atoms with van der Waals surface area (Å²) in [6.45, 7) is 2.78. The third-order valence-electron chi connectivity index (χ3n) is 6.22. The minimum atomic E-state index is -1.34. The summed E-state index contributed by atoms with van der Waals surface area (Å²) in [6, 6.07) is 9.14. The van der Waals surface area contributed by atoms with Crippen LogP contribution in [0.3, 0.4) is 0 Å². The van der Waals surface area contributed by atoms with E-state index in [1.54, 1.807) is 29.2 Å². The zero-order chi connectivity index (χ0) is 25.6. The van der Waals surface area contributed by atoms with Crippen molar-refractivity contribution in [3.8, 4) is 0 Å². The number of amides is 4. The van der Waals surface area contributed by atoms with E-state index in [0.29, 0.717) is 42.2 Å². The molecule has 2 aromatic carbocycles. The summed E-state index contributed by atoms with van der Waals surface area (Å²) in [4.78, 5) is 65.3. The smallest absolute Gasteiger partial charge is 0.291 e. The van der Waals surface area contributed by atoms with Crippen LogP contribution in [0, 0.1) is 10.1 Å². The van der Waals surface area contributed by atoms with E-state index in [4.69, 9.17) is 9.15 Å². The first-order chi connectivity index (χ1) is 17.3. The van der Waals surface area contributed by atoms with Crippen LogP contribution < -0.4 is 5.32 Å². The van der Waals surface area contributed by atoms with Crippen LogP contribution in [0.15, 0.2) is 46.9 Å². The van der Waals surface area contributed by atoms with Gasteiger partial charge in [0, 0.05) is 24.5 Å². The Balaban J connectivity index is 1.46. The number of rotatable bonds is 5. The van der Waals surface area contributed by atoms with Crippen LogP contribution in [-0.4, -0.2) is 70.7 Å². The molecule has 184 valence electrons. The average molecular weight is 492 g/mol. The highest BCUT2D eigenvalue weighted by Gasteiger charge is 2.45. The molecule has 0 spiro atoms. The number of furan rings is 1. The van der Waals surface area contributed by atoms with Crippen LogP contribution >= 0.6 is 0 Å². The first-order valence-corrected chi connectivity index (χ1v) is 11.1. The van der Waals surface area contributed by atoms with E-state index >= 15 is 0 Å². The van der Waals surface area contributed by atoms with Gasteiger partial charge in [0.15, 0.2) is 0 Å². The molecule has 0 aliphatic carbocycles. The number of nitro groups is 1. The number of imide groups is 1. The molecule has 1 N–H and O–H groups in total. The summed E-state index contributed by atoms with van der Waals surface area (Å²) in [7, 11) is 0. The lowest BCUT2D eigenvalue weighted by Crippen LogP contribution is -2.45. The van der Waals surface area contributed by atoms with Crippen LogP contribution in [-0.2, 0) is 9.53 Å². The van der Waals surface area contributed by atoms with Crippen molar-refractivity contribution in [2.45, 2.75) is 13.0 Å². The largest absolute Gasteiger partial charge is 0.449 e. The van der Waals surface area contributed by atoms with E-state index in [2.05, 4.69) is 5.32 Å². The van der Waals surface area contributed by atoms with E-state index in [9.17, 15) is 29.3 Å². The van der Waals surface area contributed by atoms with Gasteiger partial charge in [-0.15, -0.1) is 0 Å². The molecule has 3 aromatic rings. The zero-order valence-corrected chi connectivity index (χ0v) is 19.1. The Bertz CT molecular complexity index is 1440. The van der Waals surface area contributed by atoms with Crippen LogP contribution in [0.25, 0.3) is 11.0 Å². The minimum Gasteiger partial charge on any atom is -0.449 e. The monoisotopic (exact) mass is 492 g/mol. The summed E-state index contributed by atoms with van der Waals surface area (Å²) in [5.74, 6) is -3.05. The summed E-state index contributed by atoms with van der Waals surface area (Å²) in [5.41, 5.74) is -0.537. The van der Waals surface area contributed by atoms with Crippen LogP contribution in [0.1, 0.15) is 38.2 Å². The number of morpholine rings is 1. The molecule has 1 aromatic heterocycles. The fourth-order valence-corrected chi connectivity index (χ4v) is 4.36. The molecule has 3 heterocycles. The Hall–Kier alpha value is -4.58. The predicted molar refractivity (Wildman–Crippen MR) is 125 cm³/mol. The van der Waals surface area contributed by atoms with Crippen molar-refractivity contribution in [2.24, 2.45) is 0 Å². The molecular weight excluding hydrogens is 472 g/mol. The lowest BCUT2D eigenvalue weighted by atomic mass is 10.1. The van der Waals surface area contributed by atoms with E-state index in [1.807, 2.05) is 0 Å². The van der Waals surface area contributed by atoms with Gasteiger partial charge in [0.25, 0.3) is 23.4 Å². The topological polar surface area (TPSA) is 152 Å². The number of carbonyl (C=O) groups is 4. The van der Waals surface area contributed by atoms with Crippen molar-refractivity contribution in [1.82, 2.24) is 9.80 Å². The van der Waals surface area contributed by atoms with Crippen molar-refractivity contribution in [3.63, 3.8) is 0 Å². The Morgan fingerprint density at radius 2 is 1.78 bits per heavy atom. The number of carbonyl (C=O) groups excluding carboxylic acids is 4. The molecular formula is C24H20N4O8. The third-order valence-corrected chi connectivity index (χ3v) is 6.22. The number of hydrogen-bond acceptors (Lipinski definition) is 8. The number of ether oxygens (including phenoxy) is 1. The van der Waals surface area contributed by atoms with Gasteiger partial charge in [0.1, 0.15) is 22.9 Å². The normalized spacial score (nSPS) is 16.2. The Kier molecular flexibility index (Phi) is 5.72. The van der Waals surface area contributed by atoms with E-state index in [0.717, 1.165) is 6.07 Å². The number of hydrogen-bond donors (Lipinski definition) is 1. The van der Waals surface area contributed by atoms with Gasteiger partial charge in [-0.05, 0) is 25.1 Å². The minimum absolute atomic E-state index is 0.0864. The number of nitrogens with one attached hydrogen (secondary N) is 1. The summed E-state index contributed by atoms with van der Waals surface area (Å²) in [6.07, 6.45) is 0. The van der Waals surface area contributed by atoms with E-state index in [1.165, 1.54) is 19.1 Å². The second kappa shape index (κ2) is 8.89. The van der Waals surface area contributed by atoms with E-state index < -0.39 is 40.3 Å². The van der Waals surface area contributed by atoms with Gasteiger partial charge >= 0.3 is 0 Å². The highest BCUT2D eigenvalue weighted by Crippen LogP contribution is 2.34. The van der Waals surface area contributed by atoms with Gasteiger partial charge in [-0.25, -0.2) is 0 Å². The fraction of sp³-hybridized carbons (Fsp3) is 0.250. The number of anilines is 1. The standard InChI is InChI=1S/C24H20N4O8/c1-13(27-22(30)15-6-4-7-16(28(33)34)18(15)23(27)31)21(29)25-19-14-5-2-3-8-17(14)36-20(19)24(32)26-9-11-35-12-10-26/h2-8,13H,9-12H2,1H3,(H,25,29)/t13-/m0/s1. The average Bonchev–Trinajstić information content (AvgIpc) is 3.38. The zero-order valence-electron chi connectivity index (χ0n) is 19.1. The first kappa shape index (κ1) is 23.2. The van der Waals surface area contributed by atoms with Crippen LogP contribution in [0.4, 0.5) is 11.4 Å². The van der Waals surface area contributed by atoms with Gasteiger partial charge in [-0.3, -0.25) is 34.2 Å². The van der Waals surface area contributed by atoms with Gasteiger partial charge in [0.05, 0.1) is 23.7 Å². The second-order valence-electron chi connectivity index (χ2n) is 8.31. The van der Waals surface area contributed by atoms with Crippen molar-refractivity contribution in [2.75, 3.05) is 31.6 Å². The summed E-state index contributed by atoms with van der Waals surface area (Å²) < 4.78 is 11.1. The first-order valence-electron chi connectivity index (χ1n) is 11.1.